The highest BCUT2D eigenvalue weighted by molar-refractivity contribution is 5.31. The first-order chi connectivity index (χ1) is 10.4. The molecule has 0 radical (unpaired) electrons. The van der Waals surface area contributed by atoms with Gasteiger partial charge in [-0.15, -0.1) is 0 Å². The summed E-state index contributed by atoms with van der Waals surface area (Å²) in [5, 5.41) is 0. The monoisotopic (exact) mass is 288 g/mol. The molecular weight excluding hydrogens is 268 g/mol. The molecule has 2 rings (SSSR count). The maximum absolute atomic E-state index is 5.70. The highest BCUT2D eigenvalue weighted by Crippen LogP contribution is 2.18. The van der Waals surface area contributed by atoms with Gasteiger partial charge in [-0.25, -0.2) is 0 Å². The van der Waals surface area contributed by atoms with Crippen LogP contribution in [0.25, 0.3) is 0 Å². The van der Waals surface area contributed by atoms with Crippen LogP contribution in [0.2, 0.25) is 0 Å². The predicted octanol–water partition coefficient (Wildman–Crippen LogP) is 3.26. The molecule has 2 aromatic carbocycles. The van der Waals surface area contributed by atoms with E-state index in [2.05, 4.69) is 0 Å². The Balaban J connectivity index is 1.71. The Labute approximate surface area is 125 Å². The SMILES string of the molecule is COCCOCOc1ccc(OCc2ccccc2)cc1. The van der Waals surface area contributed by atoms with Crippen molar-refractivity contribution in [3.05, 3.63) is 60.2 Å². The van der Waals surface area contributed by atoms with Crippen LogP contribution in [0.4, 0.5) is 0 Å². The van der Waals surface area contributed by atoms with Crippen LogP contribution in [0.5, 0.6) is 11.5 Å². The molecule has 0 aliphatic carbocycles. The summed E-state index contributed by atoms with van der Waals surface area (Å²) < 4.78 is 21.2. The topological polar surface area (TPSA) is 36.9 Å². The molecule has 0 amide bonds. The van der Waals surface area contributed by atoms with Gasteiger partial charge in [0.05, 0.1) is 13.2 Å². The lowest BCUT2D eigenvalue weighted by Gasteiger charge is -2.09. The van der Waals surface area contributed by atoms with Gasteiger partial charge in [0.1, 0.15) is 18.1 Å². The second-order valence-electron chi connectivity index (χ2n) is 4.41. The molecule has 0 aliphatic heterocycles. The second kappa shape index (κ2) is 9.00. The summed E-state index contributed by atoms with van der Waals surface area (Å²) in [6.07, 6.45) is 0. The lowest BCUT2D eigenvalue weighted by molar-refractivity contribution is -0.00849. The minimum absolute atomic E-state index is 0.216. The zero-order valence-electron chi connectivity index (χ0n) is 12.2. The Morgan fingerprint density at radius 1 is 0.762 bits per heavy atom. The molecule has 21 heavy (non-hydrogen) atoms. The van der Waals surface area contributed by atoms with E-state index in [1.54, 1.807) is 7.11 Å². The molecule has 0 unspecified atom stereocenters. The maximum Gasteiger partial charge on any atom is 0.189 e. The quantitative estimate of drug-likeness (QED) is 0.524. The van der Waals surface area contributed by atoms with Gasteiger partial charge in [0.15, 0.2) is 6.79 Å². The van der Waals surface area contributed by atoms with Gasteiger partial charge in [-0.1, -0.05) is 30.3 Å². The third-order valence-electron chi connectivity index (χ3n) is 2.81. The first-order valence-corrected chi connectivity index (χ1v) is 6.85. The van der Waals surface area contributed by atoms with Crippen LogP contribution in [0.15, 0.2) is 54.6 Å². The van der Waals surface area contributed by atoms with E-state index >= 15 is 0 Å². The standard InChI is InChI=1S/C17H20O4/c1-18-11-12-19-14-21-17-9-7-16(8-10-17)20-13-15-5-3-2-4-6-15/h2-10H,11-14H2,1H3. The van der Waals surface area contributed by atoms with Gasteiger partial charge >= 0.3 is 0 Å². The predicted molar refractivity (Wildman–Crippen MR) is 80.5 cm³/mol. The summed E-state index contributed by atoms with van der Waals surface area (Å²) >= 11 is 0. The molecule has 0 bridgehead atoms. The highest BCUT2D eigenvalue weighted by atomic mass is 16.7. The maximum atomic E-state index is 5.70. The summed E-state index contributed by atoms with van der Waals surface area (Å²) in [5.74, 6) is 1.56. The summed E-state index contributed by atoms with van der Waals surface area (Å²) in [7, 11) is 1.64. The van der Waals surface area contributed by atoms with Crippen LogP contribution in [-0.4, -0.2) is 27.1 Å². The fourth-order valence-electron chi connectivity index (χ4n) is 1.68. The summed E-state index contributed by atoms with van der Waals surface area (Å²) in [6.45, 7) is 1.86. The average molecular weight is 288 g/mol. The van der Waals surface area contributed by atoms with Crippen molar-refractivity contribution >= 4 is 0 Å². The Bertz CT molecular complexity index is 496. The normalized spacial score (nSPS) is 10.3. The number of ether oxygens (including phenoxy) is 4. The Morgan fingerprint density at radius 2 is 1.43 bits per heavy atom. The van der Waals surface area contributed by atoms with Crippen LogP contribution in [0, 0.1) is 0 Å². The smallest absolute Gasteiger partial charge is 0.189 e. The zero-order chi connectivity index (χ0) is 14.8. The first-order valence-electron chi connectivity index (χ1n) is 6.85. The number of hydrogen-bond donors (Lipinski definition) is 0. The van der Waals surface area contributed by atoms with Gasteiger partial charge in [0, 0.05) is 7.11 Å². The van der Waals surface area contributed by atoms with Crippen molar-refractivity contribution < 1.29 is 18.9 Å². The number of rotatable bonds is 9. The van der Waals surface area contributed by atoms with E-state index in [0.717, 1.165) is 17.1 Å². The molecule has 0 fully saturated rings. The van der Waals surface area contributed by atoms with E-state index in [1.165, 1.54) is 0 Å². The third kappa shape index (κ3) is 5.85. The molecular formula is C17H20O4. The second-order valence-corrected chi connectivity index (χ2v) is 4.41. The van der Waals surface area contributed by atoms with E-state index in [4.69, 9.17) is 18.9 Å². The molecule has 0 N–H and O–H groups in total. The van der Waals surface area contributed by atoms with E-state index in [1.807, 2.05) is 54.6 Å². The lowest BCUT2D eigenvalue weighted by atomic mass is 10.2. The van der Waals surface area contributed by atoms with Crippen LogP contribution in [-0.2, 0) is 16.1 Å². The van der Waals surface area contributed by atoms with Gasteiger partial charge in [-0.2, -0.15) is 0 Å². The van der Waals surface area contributed by atoms with Crippen molar-refractivity contribution in [2.45, 2.75) is 6.61 Å². The van der Waals surface area contributed by atoms with Gasteiger partial charge in [-0.3, -0.25) is 0 Å². The highest BCUT2D eigenvalue weighted by Gasteiger charge is 1.98. The Kier molecular flexibility index (Phi) is 6.58. The number of methoxy groups -OCH3 is 1. The molecule has 0 saturated carbocycles. The van der Waals surface area contributed by atoms with Crippen molar-refractivity contribution in [1.29, 1.82) is 0 Å². The third-order valence-corrected chi connectivity index (χ3v) is 2.81. The van der Waals surface area contributed by atoms with Gasteiger partial charge in [0.2, 0.25) is 0 Å². The summed E-state index contributed by atoms with van der Waals surface area (Å²) in [4.78, 5) is 0. The average Bonchev–Trinajstić information content (AvgIpc) is 2.55. The van der Waals surface area contributed by atoms with E-state index in [-0.39, 0.29) is 6.79 Å². The van der Waals surface area contributed by atoms with Gasteiger partial charge < -0.3 is 18.9 Å². The molecule has 0 heterocycles. The number of hydrogen-bond acceptors (Lipinski definition) is 4. The van der Waals surface area contributed by atoms with Crippen molar-refractivity contribution in [2.24, 2.45) is 0 Å². The lowest BCUT2D eigenvalue weighted by Crippen LogP contribution is -2.07. The minimum atomic E-state index is 0.216. The molecule has 0 spiro atoms. The Hall–Kier alpha value is -2.04. The molecule has 0 saturated heterocycles. The minimum Gasteiger partial charge on any atom is -0.489 e. The van der Waals surface area contributed by atoms with Crippen LogP contribution in [0.1, 0.15) is 5.56 Å². The van der Waals surface area contributed by atoms with E-state index in [0.29, 0.717) is 19.8 Å². The van der Waals surface area contributed by atoms with Crippen LogP contribution >= 0.6 is 0 Å². The molecule has 2 aromatic rings. The molecule has 4 nitrogen and oxygen atoms in total. The molecule has 112 valence electrons. The summed E-state index contributed by atoms with van der Waals surface area (Å²) in [5.41, 5.74) is 1.14. The molecule has 0 atom stereocenters. The van der Waals surface area contributed by atoms with Gasteiger partial charge in [0.25, 0.3) is 0 Å². The molecule has 4 heteroatoms. The van der Waals surface area contributed by atoms with Crippen molar-refractivity contribution in [3.8, 4) is 11.5 Å². The fourth-order valence-corrected chi connectivity index (χ4v) is 1.68. The van der Waals surface area contributed by atoms with Crippen LogP contribution < -0.4 is 9.47 Å². The summed E-state index contributed by atoms with van der Waals surface area (Å²) in [6, 6.07) is 17.5. The van der Waals surface area contributed by atoms with E-state index < -0.39 is 0 Å². The van der Waals surface area contributed by atoms with Crippen molar-refractivity contribution in [1.82, 2.24) is 0 Å². The van der Waals surface area contributed by atoms with E-state index in [9.17, 15) is 0 Å². The number of benzene rings is 2. The van der Waals surface area contributed by atoms with Gasteiger partial charge in [-0.05, 0) is 29.8 Å². The molecule has 0 aromatic heterocycles. The molecule has 0 aliphatic rings. The van der Waals surface area contributed by atoms with Crippen LogP contribution in [0.3, 0.4) is 0 Å². The Morgan fingerprint density at radius 3 is 2.10 bits per heavy atom. The first kappa shape index (κ1) is 15.4. The van der Waals surface area contributed by atoms with Crippen molar-refractivity contribution in [3.63, 3.8) is 0 Å². The largest absolute Gasteiger partial charge is 0.489 e. The zero-order valence-corrected chi connectivity index (χ0v) is 12.2. The van der Waals surface area contributed by atoms with Crippen molar-refractivity contribution in [2.75, 3.05) is 27.1 Å². The fraction of sp³-hybridized carbons (Fsp3) is 0.294.